The van der Waals surface area contributed by atoms with Crippen LogP contribution in [0.15, 0.2) is 30.5 Å². The van der Waals surface area contributed by atoms with Crippen LogP contribution in [0.25, 0.3) is 0 Å². The van der Waals surface area contributed by atoms with E-state index in [1.54, 1.807) is 0 Å². The summed E-state index contributed by atoms with van der Waals surface area (Å²) in [5.41, 5.74) is 3.89. The summed E-state index contributed by atoms with van der Waals surface area (Å²) in [4.78, 5) is 6.46. The molecule has 0 saturated carbocycles. The van der Waals surface area contributed by atoms with Crippen LogP contribution in [0.5, 0.6) is 0 Å². The topological polar surface area (TPSA) is 33.1 Å². The van der Waals surface area contributed by atoms with Gasteiger partial charge in [-0.1, -0.05) is 31.2 Å². The summed E-state index contributed by atoms with van der Waals surface area (Å²) in [5, 5.41) is 3.57. The van der Waals surface area contributed by atoms with Gasteiger partial charge >= 0.3 is 0 Å². The van der Waals surface area contributed by atoms with Crippen LogP contribution in [0.1, 0.15) is 36.7 Å². The lowest BCUT2D eigenvalue weighted by molar-refractivity contribution is 0.558. The zero-order chi connectivity index (χ0) is 15.4. The molecule has 1 heterocycles. The highest BCUT2D eigenvalue weighted by Crippen LogP contribution is 2.16. The van der Waals surface area contributed by atoms with E-state index in [2.05, 4.69) is 60.0 Å². The second-order valence-electron chi connectivity index (χ2n) is 5.70. The van der Waals surface area contributed by atoms with E-state index in [1.165, 1.54) is 16.8 Å². The molecule has 1 N–H and O–H groups in total. The van der Waals surface area contributed by atoms with Crippen molar-refractivity contribution < 1.29 is 0 Å². The summed E-state index contributed by atoms with van der Waals surface area (Å²) in [7, 11) is 6.08. The smallest absolute Gasteiger partial charge is 0.204 e. The van der Waals surface area contributed by atoms with Gasteiger partial charge in [-0.25, -0.2) is 4.98 Å². The molecule has 21 heavy (non-hydrogen) atoms. The number of anilines is 1. The van der Waals surface area contributed by atoms with Crippen molar-refractivity contribution in [1.29, 1.82) is 0 Å². The van der Waals surface area contributed by atoms with E-state index < -0.39 is 0 Å². The van der Waals surface area contributed by atoms with Crippen LogP contribution in [0.4, 0.5) is 5.95 Å². The van der Waals surface area contributed by atoms with Crippen LogP contribution in [-0.4, -0.2) is 23.6 Å². The molecule has 0 fully saturated rings. The van der Waals surface area contributed by atoms with Crippen molar-refractivity contribution in [1.82, 2.24) is 14.9 Å². The van der Waals surface area contributed by atoms with Crippen molar-refractivity contribution in [2.45, 2.75) is 32.9 Å². The Morgan fingerprint density at radius 3 is 2.43 bits per heavy atom. The van der Waals surface area contributed by atoms with Crippen molar-refractivity contribution in [3.8, 4) is 0 Å². The molecule has 1 atom stereocenters. The monoisotopic (exact) mass is 286 g/mol. The number of nitrogens with one attached hydrogen (secondary N) is 1. The van der Waals surface area contributed by atoms with E-state index in [-0.39, 0.29) is 0 Å². The molecule has 1 aromatic carbocycles. The Hall–Kier alpha value is -1.81. The lowest BCUT2D eigenvalue weighted by Gasteiger charge is -2.16. The highest BCUT2D eigenvalue weighted by Gasteiger charge is 2.10. The molecule has 0 bridgehead atoms. The molecule has 0 aliphatic carbocycles. The summed E-state index contributed by atoms with van der Waals surface area (Å²) in [5.74, 6) is 0.978. The Morgan fingerprint density at radius 1 is 1.24 bits per heavy atom. The van der Waals surface area contributed by atoms with Gasteiger partial charge in [0.15, 0.2) is 0 Å². The van der Waals surface area contributed by atoms with E-state index >= 15 is 0 Å². The molecule has 114 valence electrons. The third-order valence-electron chi connectivity index (χ3n) is 3.94. The van der Waals surface area contributed by atoms with Gasteiger partial charge in [-0.3, -0.25) is 0 Å². The van der Waals surface area contributed by atoms with Crippen LogP contribution in [0, 0.1) is 0 Å². The van der Waals surface area contributed by atoms with Crippen molar-refractivity contribution in [3.05, 3.63) is 47.3 Å². The molecular weight excluding hydrogens is 260 g/mol. The molecule has 1 unspecified atom stereocenters. The molecule has 0 aliphatic rings. The van der Waals surface area contributed by atoms with E-state index in [1.807, 2.05) is 25.2 Å². The van der Waals surface area contributed by atoms with Gasteiger partial charge in [0.1, 0.15) is 0 Å². The maximum absolute atomic E-state index is 4.44. The van der Waals surface area contributed by atoms with Crippen molar-refractivity contribution in [2.75, 3.05) is 19.0 Å². The van der Waals surface area contributed by atoms with Crippen molar-refractivity contribution in [3.63, 3.8) is 0 Å². The SMILES string of the molecule is CCc1ccc(C(C)NCc2cnc(N(C)C)n2C)cc1. The average molecular weight is 286 g/mol. The number of imidazole rings is 1. The summed E-state index contributed by atoms with van der Waals surface area (Å²) >= 11 is 0. The van der Waals surface area contributed by atoms with Crippen molar-refractivity contribution in [2.24, 2.45) is 7.05 Å². The molecular formula is C17H26N4. The zero-order valence-electron chi connectivity index (χ0n) is 13.7. The molecule has 0 radical (unpaired) electrons. The largest absolute Gasteiger partial charge is 0.348 e. The number of aryl methyl sites for hydroxylation is 1. The Bertz CT molecular complexity index is 569. The fraction of sp³-hybridized carbons (Fsp3) is 0.471. The van der Waals surface area contributed by atoms with E-state index in [4.69, 9.17) is 0 Å². The first-order valence-corrected chi connectivity index (χ1v) is 7.53. The first kappa shape index (κ1) is 15.6. The Labute approximate surface area is 127 Å². The van der Waals surface area contributed by atoms with Gasteiger partial charge in [-0.2, -0.15) is 0 Å². The van der Waals surface area contributed by atoms with Crippen LogP contribution in [0.2, 0.25) is 0 Å². The molecule has 4 nitrogen and oxygen atoms in total. The molecule has 0 spiro atoms. The van der Waals surface area contributed by atoms with Gasteiger partial charge in [-0.05, 0) is 24.5 Å². The van der Waals surface area contributed by atoms with Crippen LogP contribution >= 0.6 is 0 Å². The number of benzene rings is 1. The molecule has 2 aromatic rings. The van der Waals surface area contributed by atoms with Gasteiger partial charge in [0, 0.05) is 33.7 Å². The summed E-state index contributed by atoms with van der Waals surface area (Å²) < 4.78 is 2.12. The summed E-state index contributed by atoms with van der Waals surface area (Å²) in [6.07, 6.45) is 3.03. The first-order valence-electron chi connectivity index (χ1n) is 7.53. The number of rotatable bonds is 6. The summed E-state index contributed by atoms with van der Waals surface area (Å²) in [6.45, 7) is 5.19. The Morgan fingerprint density at radius 2 is 1.90 bits per heavy atom. The lowest BCUT2D eigenvalue weighted by Crippen LogP contribution is -2.20. The predicted octanol–water partition coefficient (Wildman–Crippen LogP) is 2.90. The normalized spacial score (nSPS) is 12.4. The maximum Gasteiger partial charge on any atom is 0.204 e. The molecule has 2 rings (SSSR count). The van der Waals surface area contributed by atoms with E-state index in [9.17, 15) is 0 Å². The third-order valence-corrected chi connectivity index (χ3v) is 3.94. The summed E-state index contributed by atoms with van der Waals surface area (Å²) in [6, 6.07) is 9.17. The van der Waals surface area contributed by atoms with Crippen LogP contribution in [-0.2, 0) is 20.0 Å². The van der Waals surface area contributed by atoms with Gasteiger partial charge in [-0.15, -0.1) is 0 Å². The van der Waals surface area contributed by atoms with Crippen molar-refractivity contribution >= 4 is 5.95 Å². The van der Waals surface area contributed by atoms with E-state index in [0.29, 0.717) is 6.04 Å². The average Bonchev–Trinajstić information content (AvgIpc) is 2.86. The van der Waals surface area contributed by atoms with Crippen LogP contribution in [0.3, 0.4) is 0 Å². The van der Waals surface area contributed by atoms with Gasteiger partial charge in [0.2, 0.25) is 5.95 Å². The van der Waals surface area contributed by atoms with Crippen LogP contribution < -0.4 is 10.2 Å². The second kappa shape index (κ2) is 6.76. The van der Waals surface area contributed by atoms with E-state index in [0.717, 1.165) is 18.9 Å². The fourth-order valence-corrected chi connectivity index (χ4v) is 2.43. The molecule has 4 heteroatoms. The molecule has 1 aromatic heterocycles. The minimum atomic E-state index is 0.327. The number of aromatic nitrogens is 2. The minimum absolute atomic E-state index is 0.327. The predicted molar refractivity (Wildman–Crippen MR) is 88.6 cm³/mol. The quantitative estimate of drug-likeness (QED) is 0.886. The van der Waals surface area contributed by atoms with Gasteiger partial charge < -0.3 is 14.8 Å². The lowest BCUT2D eigenvalue weighted by atomic mass is 10.1. The fourth-order valence-electron chi connectivity index (χ4n) is 2.43. The first-order chi connectivity index (χ1) is 10.0. The Balaban J connectivity index is 1.98. The van der Waals surface area contributed by atoms with Gasteiger partial charge in [0.05, 0.1) is 11.9 Å². The maximum atomic E-state index is 4.44. The third kappa shape index (κ3) is 3.64. The standard InChI is InChI=1S/C17H26N4/c1-6-14-7-9-15(10-8-14)13(2)18-11-16-12-19-17(20(3)4)21(16)5/h7-10,12-13,18H,6,11H2,1-5H3. The molecule has 0 saturated heterocycles. The van der Waals surface area contributed by atoms with Gasteiger partial charge in [0.25, 0.3) is 0 Å². The number of nitrogens with zero attached hydrogens (tertiary/aromatic N) is 3. The highest BCUT2D eigenvalue weighted by molar-refractivity contribution is 5.31. The zero-order valence-corrected chi connectivity index (χ0v) is 13.7. The number of hydrogen-bond donors (Lipinski definition) is 1. The number of hydrogen-bond acceptors (Lipinski definition) is 3. The Kier molecular flexibility index (Phi) is 5.02. The highest BCUT2D eigenvalue weighted by atomic mass is 15.3. The molecule has 0 amide bonds. The minimum Gasteiger partial charge on any atom is -0.348 e. The second-order valence-corrected chi connectivity index (χ2v) is 5.70. The molecule has 0 aliphatic heterocycles.